The van der Waals surface area contributed by atoms with Crippen LogP contribution in [-0.2, 0) is 0 Å². The molecule has 0 saturated carbocycles. The Morgan fingerprint density at radius 2 is 2.20 bits per heavy atom. The molecule has 0 spiro atoms. The molecule has 1 atom stereocenters. The third kappa shape index (κ3) is 3.14. The number of pyridine rings is 1. The Hall–Kier alpha value is -0.680. The van der Waals surface area contributed by atoms with Crippen molar-refractivity contribution in [1.29, 1.82) is 0 Å². The summed E-state index contributed by atoms with van der Waals surface area (Å²) in [7, 11) is 0. The molecule has 0 aromatic carbocycles. The van der Waals surface area contributed by atoms with Gasteiger partial charge in [-0.05, 0) is 42.8 Å². The highest BCUT2D eigenvalue weighted by atomic mass is 79.9. The van der Waals surface area contributed by atoms with E-state index in [-0.39, 0.29) is 5.82 Å². The van der Waals surface area contributed by atoms with Gasteiger partial charge < -0.3 is 10.4 Å². The highest BCUT2D eigenvalue weighted by Gasteiger charge is 2.25. The number of halogens is 2. The van der Waals surface area contributed by atoms with Gasteiger partial charge in [0.15, 0.2) is 11.6 Å². The first kappa shape index (κ1) is 12.4. The molecule has 1 unspecified atom stereocenters. The number of aromatic nitrogens is 1. The summed E-state index contributed by atoms with van der Waals surface area (Å²) in [6.45, 7) is 5.20. The summed E-state index contributed by atoms with van der Waals surface area (Å²) in [5, 5.41) is 12.3. The molecule has 0 amide bonds. The van der Waals surface area contributed by atoms with Gasteiger partial charge in [0.1, 0.15) is 0 Å². The van der Waals surface area contributed by atoms with Gasteiger partial charge >= 0.3 is 0 Å². The van der Waals surface area contributed by atoms with Gasteiger partial charge in [0.2, 0.25) is 0 Å². The zero-order valence-corrected chi connectivity index (χ0v) is 10.5. The van der Waals surface area contributed by atoms with Gasteiger partial charge in [-0.1, -0.05) is 0 Å². The van der Waals surface area contributed by atoms with Crippen LogP contribution < -0.4 is 5.32 Å². The summed E-state index contributed by atoms with van der Waals surface area (Å²) in [4.78, 5) is 3.90. The lowest BCUT2D eigenvalue weighted by atomic mass is 9.99. The van der Waals surface area contributed by atoms with E-state index in [1.54, 1.807) is 20.8 Å². The Bertz CT molecular complexity index is 355. The second kappa shape index (κ2) is 4.45. The molecule has 1 aromatic heterocycles. The quantitative estimate of drug-likeness (QED) is 0.892. The van der Waals surface area contributed by atoms with E-state index >= 15 is 0 Å². The minimum absolute atomic E-state index is 0.143. The third-order valence-corrected chi connectivity index (χ3v) is 2.73. The lowest BCUT2D eigenvalue weighted by Gasteiger charge is -2.30. The Labute approximate surface area is 96.9 Å². The first-order valence-corrected chi connectivity index (χ1v) is 5.39. The minimum atomic E-state index is -0.623. The van der Waals surface area contributed by atoms with Crippen molar-refractivity contribution in [1.82, 2.24) is 4.98 Å². The number of aliphatic hydroxyl groups excluding tert-OH is 1. The molecule has 0 aliphatic rings. The standard InChI is InChI=1S/C10H14BrFN2O/c1-6(15)10(2,3)14-9-8(12)4-7(11)5-13-9/h4-6,15H,1-3H3,(H,13,14). The fourth-order valence-electron chi connectivity index (χ4n) is 0.916. The fourth-order valence-corrected chi connectivity index (χ4v) is 1.22. The van der Waals surface area contributed by atoms with Crippen LogP contribution in [0.1, 0.15) is 20.8 Å². The number of aliphatic hydroxyl groups is 1. The molecule has 0 saturated heterocycles. The number of hydrogen-bond acceptors (Lipinski definition) is 3. The molecule has 3 nitrogen and oxygen atoms in total. The van der Waals surface area contributed by atoms with E-state index < -0.39 is 17.5 Å². The van der Waals surface area contributed by atoms with Gasteiger partial charge in [-0.25, -0.2) is 9.37 Å². The first-order chi connectivity index (χ1) is 6.83. The predicted octanol–water partition coefficient (Wildman–Crippen LogP) is 2.55. The van der Waals surface area contributed by atoms with Crippen LogP contribution in [0.15, 0.2) is 16.7 Å². The summed E-state index contributed by atoms with van der Waals surface area (Å²) in [6, 6.07) is 1.33. The summed E-state index contributed by atoms with van der Waals surface area (Å²) in [5.41, 5.74) is -0.623. The summed E-state index contributed by atoms with van der Waals surface area (Å²) < 4.78 is 14.0. The van der Waals surface area contributed by atoms with E-state index in [2.05, 4.69) is 26.2 Å². The molecule has 0 fully saturated rings. The van der Waals surface area contributed by atoms with E-state index in [0.29, 0.717) is 4.47 Å². The van der Waals surface area contributed by atoms with Gasteiger partial charge in [0, 0.05) is 10.7 Å². The van der Waals surface area contributed by atoms with Crippen molar-refractivity contribution in [3.63, 3.8) is 0 Å². The maximum absolute atomic E-state index is 13.4. The van der Waals surface area contributed by atoms with Crippen LogP contribution in [0.2, 0.25) is 0 Å². The van der Waals surface area contributed by atoms with E-state index in [0.717, 1.165) is 0 Å². The molecular formula is C10H14BrFN2O. The lowest BCUT2D eigenvalue weighted by molar-refractivity contribution is 0.132. The van der Waals surface area contributed by atoms with Crippen LogP contribution in [0.5, 0.6) is 0 Å². The van der Waals surface area contributed by atoms with Crippen LogP contribution >= 0.6 is 15.9 Å². The number of hydrogen-bond donors (Lipinski definition) is 2. The zero-order valence-electron chi connectivity index (χ0n) is 8.88. The second-order valence-corrected chi connectivity index (χ2v) is 4.92. The summed E-state index contributed by atoms with van der Waals surface area (Å²) in [5.74, 6) is -0.304. The fraction of sp³-hybridized carbons (Fsp3) is 0.500. The minimum Gasteiger partial charge on any atom is -0.391 e. The van der Waals surface area contributed by atoms with Gasteiger partial charge in [-0.2, -0.15) is 0 Å². The summed E-state index contributed by atoms with van der Waals surface area (Å²) >= 11 is 3.13. The molecule has 84 valence electrons. The molecule has 0 radical (unpaired) electrons. The highest BCUT2D eigenvalue weighted by Crippen LogP contribution is 2.21. The number of rotatable bonds is 3. The van der Waals surface area contributed by atoms with E-state index in [1.807, 2.05) is 0 Å². The Balaban J connectivity index is 2.90. The Kier molecular flexibility index (Phi) is 3.67. The SMILES string of the molecule is CC(O)C(C)(C)Nc1ncc(Br)cc1F. The van der Waals surface area contributed by atoms with Crippen LogP contribution in [0.3, 0.4) is 0 Å². The monoisotopic (exact) mass is 276 g/mol. The maximum Gasteiger partial charge on any atom is 0.166 e. The molecule has 1 rings (SSSR count). The van der Waals surface area contributed by atoms with Crippen LogP contribution in [0.25, 0.3) is 0 Å². The normalized spacial score (nSPS) is 13.7. The molecular weight excluding hydrogens is 263 g/mol. The highest BCUT2D eigenvalue weighted by molar-refractivity contribution is 9.10. The average molecular weight is 277 g/mol. The molecule has 0 aliphatic carbocycles. The smallest absolute Gasteiger partial charge is 0.166 e. The van der Waals surface area contributed by atoms with Crippen molar-refractivity contribution >= 4 is 21.7 Å². The van der Waals surface area contributed by atoms with E-state index in [1.165, 1.54) is 12.3 Å². The van der Waals surface area contributed by atoms with Crippen molar-refractivity contribution in [2.45, 2.75) is 32.4 Å². The molecule has 1 aromatic rings. The average Bonchev–Trinajstić information content (AvgIpc) is 2.09. The first-order valence-electron chi connectivity index (χ1n) is 4.60. The van der Waals surface area contributed by atoms with E-state index in [9.17, 15) is 9.50 Å². The molecule has 5 heteroatoms. The van der Waals surface area contributed by atoms with Crippen molar-refractivity contribution in [3.8, 4) is 0 Å². The van der Waals surface area contributed by atoms with Crippen molar-refractivity contribution in [3.05, 3.63) is 22.6 Å². The molecule has 0 bridgehead atoms. The number of nitrogens with one attached hydrogen (secondary N) is 1. The topological polar surface area (TPSA) is 45.1 Å². The van der Waals surface area contributed by atoms with Gasteiger partial charge in [-0.3, -0.25) is 0 Å². The van der Waals surface area contributed by atoms with Gasteiger partial charge in [0.05, 0.1) is 11.6 Å². The van der Waals surface area contributed by atoms with Crippen LogP contribution in [0, 0.1) is 5.82 Å². The predicted molar refractivity (Wildman–Crippen MR) is 61.3 cm³/mol. The maximum atomic E-state index is 13.4. The second-order valence-electron chi connectivity index (χ2n) is 4.01. The zero-order chi connectivity index (χ0) is 11.6. The Morgan fingerprint density at radius 1 is 1.60 bits per heavy atom. The molecule has 1 heterocycles. The molecule has 15 heavy (non-hydrogen) atoms. The molecule has 0 aliphatic heterocycles. The van der Waals surface area contributed by atoms with Crippen molar-refractivity contribution in [2.75, 3.05) is 5.32 Å². The lowest BCUT2D eigenvalue weighted by Crippen LogP contribution is -2.42. The van der Waals surface area contributed by atoms with E-state index in [4.69, 9.17) is 0 Å². The Morgan fingerprint density at radius 3 is 2.67 bits per heavy atom. The third-order valence-electron chi connectivity index (χ3n) is 2.29. The van der Waals surface area contributed by atoms with Crippen LogP contribution in [-0.4, -0.2) is 21.7 Å². The number of anilines is 1. The summed E-state index contributed by atoms with van der Waals surface area (Å²) in [6.07, 6.45) is 0.895. The van der Waals surface area contributed by atoms with Gasteiger partial charge in [0.25, 0.3) is 0 Å². The number of nitrogens with zero attached hydrogens (tertiary/aromatic N) is 1. The van der Waals surface area contributed by atoms with Crippen molar-refractivity contribution in [2.24, 2.45) is 0 Å². The van der Waals surface area contributed by atoms with Crippen LogP contribution in [0.4, 0.5) is 10.2 Å². The van der Waals surface area contributed by atoms with Gasteiger partial charge in [-0.15, -0.1) is 0 Å². The largest absolute Gasteiger partial charge is 0.391 e. The molecule has 2 N–H and O–H groups in total. The van der Waals surface area contributed by atoms with Crippen molar-refractivity contribution < 1.29 is 9.50 Å².